The molecule has 8 heteroatoms. The van der Waals surface area contributed by atoms with Crippen LogP contribution in [0.2, 0.25) is 0 Å². The molecule has 1 heterocycles. The van der Waals surface area contributed by atoms with Gasteiger partial charge in [-0.15, -0.1) is 0 Å². The normalized spacial score (nSPS) is 14.6. The molecule has 1 unspecified atom stereocenters. The van der Waals surface area contributed by atoms with E-state index >= 15 is 0 Å². The Balaban J connectivity index is 2.69. The SMILES string of the molecule is CN=C(NCC(C)(C)S(C)(=O)=O)NC(C)Cc1c(C)nn(C)c1C. The van der Waals surface area contributed by atoms with Crippen molar-refractivity contribution in [3.8, 4) is 0 Å². The summed E-state index contributed by atoms with van der Waals surface area (Å²) in [5.41, 5.74) is 3.41. The molecule has 0 aromatic carbocycles. The summed E-state index contributed by atoms with van der Waals surface area (Å²) in [6, 6.07) is 0.138. The van der Waals surface area contributed by atoms with Gasteiger partial charge >= 0.3 is 0 Å². The number of aromatic nitrogens is 2. The molecule has 1 aromatic heterocycles. The van der Waals surface area contributed by atoms with E-state index in [9.17, 15) is 8.42 Å². The lowest BCUT2D eigenvalue weighted by molar-refractivity contribution is 0.541. The number of aliphatic imine (C=N–C) groups is 1. The molecule has 1 aromatic rings. The highest BCUT2D eigenvalue weighted by molar-refractivity contribution is 7.92. The lowest BCUT2D eigenvalue weighted by atomic mass is 10.1. The Bertz CT molecular complexity index is 704. The number of rotatable bonds is 6. The fourth-order valence-electron chi connectivity index (χ4n) is 2.33. The highest BCUT2D eigenvalue weighted by Gasteiger charge is 2.30. The summed E-state index contributed by atoms with van der Waals surface area (Å²) in [6.07, 6.45) is 2.07. The van der Waals surface area contributed by atoms with Gasteiger partial charge in [-0.25, -0.2) is 8.42 Å². The van der Waals surface area contributed by atoms with Crippen molar-refractivity contribution in [1.82, 2.24) is 20.4 Å². The fourth-order valence-corrected chi connectivity index (χ4v) is 2.66. The van der Waals surface area contributed by atoms with Gasteiger partial charge in [-0.05, 0) is 46.6 Å². The highest BCUT2D eigenvalue weighted by Crippen LogP contribution is 2.15. The van der Waals surface area contributed by atoms with Crippen molar-refractivity contribution in [2.75, 3.05) is 19.8 Å². The van der Waals surface area contributed by atoms with Crippen LogP contribution in [0.1, 0.15) is 37.7 Å². The first-order valence-corrected chi connectivity index (χ1v) is 9.94. The number of hydrogen-bond donors (Lipinski definition) is 2. The molecule has 7 nitrogen and oxygen atoms in total. The van der Waals surface area contributed by atoms with Gasteiger partial charge in [0.2, 0.25) is 0 Å². The Labute approximate surface area is 145 Å². The predicted octanol–water partition coefficient (Wildman–Crippen LogP) is 0.956. The van der Waals surface area contributed by atoms with Gasteiger partial charge in [0.25, 0.3) is 0 Å². The van der Waals surface area contributed by atoms with Crippen LogP contribution in [-0.4, -0.2) is 54.8 Å². The second kappa shape index (κ2) is 7.55. The molecule has 0 bridgehead atoms. The van der Waals surface area contributed by atoms with E-state index in [0.29, 0.717) is 12.5 Å². The minimum atomic E-state index is -3.15. The maximum atomic E-state index is 11.8. The van der Waals surface area contributed by atoms with Crippen LogP contribution in [0.25, 0.3) is 0 Å². The van der Waals surface area contributed by atoms with Crippen LogP contribution in [0, 0.1) is 13.8 Å². The Kier molecular flexibility index (Phi) is 6.44. The van der Waals surface area contributed by atoms with Crippen LogP contribution in [-0.2, 0) is 23.3 Å². The number of sulfone groups is 1. The van der Waals surface area contributed by atoms with Crippen LogP contribution >= 0.6 is 0 Å². The standard InChI is InChI=1S/C16H31N5O2S/c1-11(9-14-12(2)20-21(7)13(14)3)19-15(17-6)18-10-16(4,5)24(8,22)23/h11H,9-10H2,1-8H3,(H2,17,18,19). The van der Waals surface area contributed by atoms with Crippen molar-refractivity contribution in [3.05, 3.63) is 17.0 Å². The van der Waals surface area contributed by atoms with Gasteiger partial charge < -0.3 is 10.6 Å². The molecule has 0 spiro atoms. The molecule has 0 aliphatic heterocycles. The van der Waals surface area contributed by atoms with E-state index in [2.05, 4.69) is 34.6 Å². The molecular formula is C16H31N5O2S. The van der Waals surface area contributed by atoms with Gasteiger partial charge in [-0.1, -0.05) is 0 Å². The van der Waals surface area contributed by atoms with Crippen LogP contribution in [0.5, 0.6) is 0 Å². The molecule has 0 saturated heterocycles. The fraction of sp³-hybridized carbons (Fsp3) is 0.750. The van der Waals surface area contributed by atoms with E-state index in [4.69, 9.17) is 0 Å². The third kappa shape index (κ3) is 4.96. The van der Waals surface area contributed by atoms with E-state index < -0.39 is 14.6 Å². The molecule has 0 saturated carbocycles. The Morgan fingerprint density at radius 1 is 1.38 bits per heavy atom. The zero-order valence-corrected chi connectivity index (χ0v) is 16.9. The van der Waals surface area contributed by atoms with Gasteiger partial charge in [-0.2, -0.15) is 5.10 Å². The monoisotopic (exact) mass is 357 g/mol. The average Bonchev–Trinajstić information content (AvgIpc) is 2.68. The number of nitrogens with zero attached hydrogens (tertiary/aromatic N) is 3. The zero-order valence-electron chi connectivity index (χ0n) is 16.1. The van der Waals surface area contributed by atoms with Crippen molar-refractivity contribution < 1.29 is 8.42 Å². The summed E-state index contributed by atoms with van der Waals surface area (Å²) in [6.45, 7) is 9.84. The van der Waals surface area contributed by atoms with Gasteiger partial charge in [0, 0.05) is 38.6 Å². The van der Waals surface area contributed by atoms with E-state index in [1.807, 2.05) is 18.7 Å². The first kappa shape index (κ1) is 20.5. The van der Waals surface area contributed by atoms with E-state index in [0.717, 1.165) is 17.8 Å². The molecule has 1 rings (SSSR count). The van der Waals surface area contributed by atoms with Crippen molar-refractivity contribution in [1.29, 1.82) is 0 Å². The third-order valence-corrected chi connectivity index (χ3v) is 6.61. The second-order valence-corrected chi connectivity index (χ2v) is 9.63. The summed E-state index contributed by atoms with van der Waals surface area (Å²) >= 11 is 0. The summed E-state index contributed by atoms with van der Waals surface area (Å²) < 4.78 is 24.6. The second-order valence-electron chi connectivity index (χ2n) is 6.98. The number of guanidine groups is 1. The van der Waals surface area contributed by atoms with Crippen molar-refractivity contribution in [2.45, 2.75) is 51.8 Å². The van der Waals surface area contributed by atoms with E-state index in [-0.39, 0.29) is 6.04 Å². The lowest BCUT2D eigenvalue weighted by Gasteiger charge is -2.25. The quantitative estimate of drug-likeness (QED) is 0.585. The lowest BCUT2D eigenvalue weighted by Crippen LogP contribution is -2.49. The van der Waals surface area contributed by atoms with E-state index in [1.165, 1.54) is 11.8 Å². The maximum Gasteiger partial charge on any atom is 0.191 e. The molecule has 0 fully saturated rings. The smallest absolute Gasteiger partial charge is 0.191 e. The van der Waals surface area contributed by atoms with Crippen molar-refractivity contribution >= 4 is 15.8 Å². The number of nitrogens with one attached hydrogen (secondary N) is 2. The summed E-state index contributed by atoms with van der Waals surface area (Å²) in [5, 5.41) is 10.9. The summed E-state index contributed by atoms with van der Waals surface area (Å²) in [7, 11) is 0.471. The maximum absolute atomic E-state index is 11.8. The van der Waals surface area contributed by atoms with Gasteiger partial charge in [0.1, 0.15) is 0 Å². The highest BCUT2D eigenvalue weighted by atomic mass is 32.2. The van der Waals surface area contributed by atoms with Gasteiger partial charge in [0.05, 0.1) is 10.4 Å². The summed E-state index contributed by atoms with van der Waals surface area (Å²) in [4.78, 5) is 4.18. The Hall–Kier alpha value is -1.57. The van der Waals surface area contributed by atoms with Gasteiger partial charge in [-0.3, -0.25) is 9.67 Å². The van der Waals surface area contributed by atoms with Crippen LogP contribution in [0.3, 0.4) is 0 Å². The topological polar surface area (TPSA) is 88.4 Å². The summed E-state index contributed by atoms with van der Waals surface area (Å²) in [5.74, 6) is 0.596. The Morgan fingerprint density at radius 2 is 1.96 bits per heavy atom. The molecule has 0 aliphatic rings. The zero-order chi connectivity index (χ0) is 18.7. The molecule has 138 valence electrons. The molecule has 0 radical (unpaired) electrons. The molecule has 24 heavy (non-hydrogen) atoms. The van der Waals surface area contributed by atoms with Gasteiger partial charge in [0.15, 0.2) is 15.8 Å². The molecule has 2 N–H and O–H groups in total. The number of aryl methyl sites for hydroxylation is 2. The largest absolute Gasteiger partial charge is 0.355 e. The minimum Gasteiger partial charge on any atom is -0.355 e. The van der Waals surface area contributed by atoms with Crippen LogP contribution in [0.15, 0.2) is 4.99 Å². The number of hydrogen-bond acceptors (Lipinski definition) is 4. The van der Waals surface area contributed by atoms with Crippen molar-refractivity contribution in [3.63, 3.8) is 0 Å². The van der Waals surface area contributed by atoms with Crippen LogP contribution in [0.4, 0.5) is 0 Å². The van der Waals surface area contributed by atoms with Crippen molar-refractivity contribution in [2.24, 2.45) is 12.0 Å². The first-order chi connectivity index (χ1) is 10.9. The van der Waals surface area contributed by atoms with Crippen LogP contribution < -0.4 is 10.6 Å². The Morgan fingerprint density at radius 3 is 2.38 bits per heavy atom. The molecule has 1 atom stereocenters. The average molecular weight is 358 g/mol. The minimum absolute atomic E-state index is 0.138. The molecule has 0 amide bonds. The first-order valence-electron chi connectivity index (χ1n) is 8.05. The molecular weight excluding hydrogens is 326 g/mol. The van der Waals surface area contributed by atoms with E-state index in [1.54, 1.807) is 20.9 Å². The molecule has 0 aliphatic carbocycles. The predicted molar refractivity (Wildman–Crippen MR) is 99.3 cm³/mol. The third-order valence-electron chi connectivity index (χ3n) is 4.46.